The third-order valence-electron chi connectivity index (χ3n) is 4.48. The maximum absolute atomic E-state index is 13.2. The zero-order valence-corrected chi connectivity index (χ0v) is 18.7. The molecule has 9 heteroatoms. The Balaban J connectivity index is 0.00000233. The van der Waals surface area contributed by atoms with E-state index in [1.807, 2.05) is 13.8 Å². The first-order chi connectivity index (χ1) is 14.4. The van der Waals surface area contributed by atoms with Crippen molar-refractivity contribution in [1.82, 2.24) is 0 Å². The first-order valence-corrected chi connectivity index (χ1v) is 9.83. The molecule has 0 saturated heterocycles. The number of benzene rings is 2. The van der Waals surface area contributed by atoms with Crippen molar-refractivity contribution in [3.63, 3.8) is 0 Å². The molecule has 2 aromatic rings. The van der Waals surface area contributed by atoms with Crippen LogP contribution in [0, 0.1) is 11.3 Å². The summed E-state index contributed by atoms with van der Waals surface area (Å²) in [5.41, 5.74) is -1.10. The summed E-state index contributed by atoms with van der Waals surface area (Å²) in [7, 11) is 1.35. The molecule has 1 amide bonds. The van der Waals surface area contributed by atoms with Gasteiger partial charge in [0, 0.05) is 18.4 Å². The summed E-state index contributed by atoms with van der Waals surface area (Å²) in [5, 5.41) is 18.4. The number of carbonyl (C=O) groups excluding carboxylic acids is 1. The minimum absolute atomic E-state index is 0.00979. The SMILES string of the molecule is CC.CN(C(=O)C(C)(C)N(C=S)c1ccc(O)cc1)c1ccc(C#N)c(C(F)(F)F)c1. The Morgan fingerprint density at radius 1 is 1.10 bits per heavy atom. The van der Waals surface area contributed by atoms with Crippen LogP contribution in [0.2, 0.25) is 0 Å². The van der Waals surface area contributed by atoms with E-state index in [1.165, 1.54) is 41.7 Å². The fourth-order valence-corrected chi connectivity index (χ4v) is 3.22. The maximum atomic E-state index is 13.2. The van der Waals surface area contributed by atoms with E-state index in [9.17, 15) is 23.1 Å². The standard InChI is InChI=1S/C20H18F3N3O2S.C2H6/c1-19(2,26(12-29)14-6-8-16(27)9-7-14)18(28)25(3)15-5-4-13(11-24)17(10-15)20(21,22)23;1-2/h4-10,12,27H,1-3H3;1-2H3. The summed E-state index contributed by atoms with van der Waals surface area (Å²) in [6.07, 6.45) is -4.73. The van der Waals surface area contributed by atoms with Gasteiger partial charge in [0.2, 0.25) is 0 Å². The monoisotopic (exact) mass is 451 g/mol. The van der Waals surface area contributed by atoms with Crippen molar-refractivity contribution < 1.29 is 23.1 Å². The molecule has 0 bridgehead atoms. The molecule has 0 aliphatic heterocycles. The molecule has 0 radical (unpaired) electrons. The van der Waals surface area contributed by atoms with Gasteiger partial charge in [0.1, 0.15) is 11.3 Å². The molecule has 0 aromatic heterocycles. The molecular weight excluding hydrogens is 427 g/mol. The average molecular weight is 452 g/mol. The fourth-order valence-electron chi connectivity index (χ4n) is 2.83. The Labute approximate surface area is 185 Å². The van der Waals surface area contributed by atoms with Gasteiger partial charge in [-0.1, -0.05) is 26.1 Å². The molecule has 0 saturated carbocycles. The quantitative estimate of drug-likeness (QED) is 0.607. The van der Waals surface area contributed by atoms with Gasteiger partial charge in [0.25, 0.3) is 5.91 Å². The number of likely N-dealkylation sites (N-methyl/N-ethyl adjacent to an activating group) is 1. The number of amides is 1. The number of thiocarbonyl (C=S) groups is 1. The Bertz CT molecular complexity index is 967. The van der Waals surface area contributed by atoms with Gasteiger partial charge in [-0.25, -0.2) is 0 Å². The number of phenolic OH excluding ortho intramolecular Hbond substituents is 1. The molecule has 2 rings (SSSR count). The van der Waals surface area contributed by atoms with Crippen molar-refractivity contribution in [2.45, 2.75) is 39.4 Å². The minimum atomic E-state index is -4.73. The lowest BCUT2D eigenvalue weighted by Gasteiger charge is -2.38. The van der Waals surface area contributed by atoms with Crippen LogP contribution in [-0.4, -0.2) is 29.1 Å². The van der Waals surface area contributed by atoms with Crippen LogP contribution in [0.3, 0.4) is 0 Å². The highest BCUT2D eigenvalue weighted by atomic mass is 32.1. The van der Waals surface area contributed by atoms with Crippen molar-refractivity contribution in [2.75, 3.05) is 16.8 Å². The lowest BCUT2D eigenvalue weighted by molar-refractivity contribution is -0.137. The van der Waals surface area contributed by atoms with Gasteiger partial charge >= 0.3 is 6.18 Å². The van der Waals surface area contributed by atoms with Crippen LogP contribution in [0.5, 0.6) is 5.75 Å². The van der Waals surface area contributed by atoms with Crippen LogP contribution in [0.4, 0.5) is 24.5 Å². The lowest BCUT2D eigenvalue weighted by atomic mass is 9.99. The molecule has 0 aliphatic rings. The molecule has 0 unspecified atom stereocenters. The number of nitrogens with zero attached hydrogens (tertiary/aromatic N) is 3. The normalized spacial score (nSPS) is 10.9. The molecule has 0 aliphatic carbocycles. The minimum Gasteiger partial charge on any atom is -0.508 e. The number of nitriles is 1. The van der Waals surface area contributed by atoms with E-state index in [-0.39, 0.29) is 11.4 Å². The summed E-state index contributed by atoms with van der Waals surface area (Å²) in [4.78, 5) is 15.7. The first kappa shape index (κ1) is 25.9. The highest BCUT2D eigenvalue weighted by molar-refractivity contribution is 7.79. The van der Waals surface area contributed by atoms with Crippen molar-refractivity contribution in [3.05, 3.63) is 53.6 Å². The Morgan fingerprint density at radius 3 is 2.06 bits per heavy atom. The van der Waals surface area contributed by atoms with Crippen LogP contribution in [0.1, 0.15) is 38.8 Å². The summed E-state index contributed by atoms with van der Waals surface area (Å²) in [6, 6.07) is 10.6. The molecule has 166 valence electrons. The smallest absolute Gasteiger partial charge is 0.417 e. The number of anilines is 2. The van der Waals surface area contributed by atoms with Gasteiger partial charge in [0.15, 0.2) is 0 Å². The number of aromatic hydroxyl groups is 1. The van der Waals surface area contributed by atoms with Gasteiger partial charge in [-0.15, -0.1) is 0 Å². The summed E-state index contributed by atoms with van der Waals surface area (Å²) in [5.74, 6) is -0.485. The second-order valence-corrected chi connectivity index (χ2v) is 6.97. The van der Waals surface area contributed by atoms with Gasteiger partial charge in [-0.2, -0.15) is 18.4 Å². The van der Waals surface area contributed by atoms with E-state index in [0.29, 0.717) is 5.69 Å². The molecule has 0 heterocycles. The average Bonchev–Trinajstić information content (AvgIpc) is 2.74. The third-order valence-corrected chi connectivity index (χ3v) is 4.69. The number of hydrogen-bond donors (Lipinski definition) is 1. The molecular formula is C22H24F3N3O2S. The number of alkyl halides is 3. The second kappa shape index (κ2) is 10.3. The van der Waals surface area contributed by atoms with E-state index in [1.54, 1.807) is 26.0 Å². The topological polar surface area (TPSA) is 67.6 Å². The van der Waals surface area contributed by atoms with E-state index < -0.39 is 28.7 Å². The third kappa shape index (κ3) is 5.73. The predicted molar refractivity (Wildman–Crippen MR) is 119 cm³/mol. The van der Waals surface area contributed by atoms with E-state index in [0.717, 1.165) is 17.0 Å². The lowest BCUT2D eigenvalue weighted by Crippen LogP contribution is -2.55. The van der Waals surface area contributed by atoms with Crippen LogP contribution in [0.15, 0.2) is 42.5 Å². The van der Waals surface area contributed by atoms with Crippen molar-refractivity contribution in [3.8, 4) is 11.8 Å². The maximum Gasteiger partial charge on any atom is 0.417 e. The Kier molecular flexibility index (Phi) is 8.58. The molecule has 0 spiro atoms. The largest absolute Gasteiger partial charge is 0.508 e. The number of halogens is 3. The van der Waals surface area contributed by atoms with Crippen molar-refractivity contribution >= 4 is 35.0 Å². The zero-order chi connectivity index (χ0) is 24.0. The molecule has 2 aromatic carbocycles. The van der Waals surface area contributed by atoms with Crippen LogP contribution >= 0.6 is 12.2 Å². The van der Waals surface area contributed by atoms with E-state index in [4.69, 9.17) is 17.5 Å². The second-order valence-electron chi connectivity index (χ2n) is 6.75. The Morgan fingerprint density at radius 2 is 1.61 bits per heavy atom. The van der Waals surface area contributed by atoms with Gasteiger partial charge in [-0.05, 0) is 56.3 Å². The van der Waals surface area contributed by atoms with Crippen molar-refractivity contribution in [1.29, 1.82) is 5.26 Å². The van der Waals surface area contributed by atoms with Gasteiger partial charge in [0.05, 0.1) is 22.7 Å². The molecule has 31 heavy (non-hydrogen) atoms. The summed E-state index contributed by atoms with van der Waals surface area (Å²) in [6.45, 7) is 7.16. The van der Waals surface area contributed by atoms with Crippen LogP contribution < -0.4 is 9.80 Å². The molecule has 0 fully saturated rings. The predicted octanol–water partition coefficient (Wildman–Crippen LogP) is 5.51. The zero-order valence-electron chi connectivity index (χ0n) is 17.9. The molecule has 5 nitrogen and oxygen atoms in total. The van der Waals surface area contributed by atoms with Gasteiger partial charge < -0.3 is 14.9 Å². The van der Waals surface area contributed by atoms with Gasteiger partial charge in [-0.3, -0.25) is 4.79 Å². The number of carbonyl (C=O) groups is 1. The highest BCUT2D eigenvalue weighted by Gasteiger charge is 2.38. The van der Waals surface area contributed by atoms with Crippen LogP contribution in [0.25, 0.3) is 0 Å². The first-order valence-electron chi connectivity index (χ1n) is 9.36. The number of hydrogen-bond acceptors (Lipinski definition) is 4. The van der Waals surface area contributed by atoms with Crippen LogP contribution in [-0.2, 0) is 11.0 Å². The molecule has 1 N–H and O–H groups in total. The number of phenols is 1. The van der Waals surface area contributed by atoms with E-state index in [2.05, 4.69) is 0 Å². The number of rotatable bonds is 5. The molecule has 0 atom stereocenters. The van der Waals surface area contributed by atoms with Crippen molar-refractivity contribution in [2.24, 2.45) is 0 Å². The highest BCUT2D eigenvalue weighted by Crippen LogP contribution is 2.35. The summed E-state index contributed by atoms with van der Waals surface area (Å²) >= 11 is 5.04. The van der Waals surface area contributed by atoms with E-state index >= 15 is 0 Å². The fraction of sp³-hybridized carbons (Fsp3) is 0.318. The Hall–Kier alpha value is -3.12. The summed E-state index contributed by atoms with van der Waals surface area (Å²) < 4.78 is 39.7.